The van der Waals surface area contributed by atoms with Crippen LogP contribution in [0.25, 0.3) is 11.3 Å². The monoisotopic (exact) mass is 439 g/mol. The first-order valence-electron chi connectivity index (χ1n) is 10.2. The molecule has 0 saturated carbocycles. The van der Waals surface area contributed by atoms with E-state index in [1.165, 1.54) is 23.1 Å². The molecule has 1 aliphatic rings. The Morgan fingerprint density at radius 1 is 1.41 bits per heavy atom. The van der Waals surface area contributed by atoms with Gasteiger partial charge in [-0.25, -0.2) is 9.37 Å². The van der Waals surface area contributed by atoms with Gasteiger partial charge in [0.05, 0.1) is 5.69 Å². The van der Waals surface area contributed by atoms with Gasteiger partial charge in [0.1, 0.15) is 11.5 Å². The summed E-state index contributed by atoms with van der Waals surface area (Å²) in [7, 11) is 3.20. The number of aliphatic hydroxyl groups is 1. The summed E-state index contributed by atoms with van der Waals surface area (Å²) in [6.07, 6.45) is 0.740. The van der Waals surface area contributed by atoms with Crippen molar-refractivity contribution in [2.24, 2.45) is 11.7 Å². The molecule has 2 aromatic rings. The van der Waals surface area contributed by atoms with E-state index < -0.39 is 23.2 Å². The molecule has 0 bridgehead atoms. The molecular weight excluding hydrogens is 413 g/mol. The number of hydrogen-bond acceptors (Lipinski definition) is 5. The number of carbonyl (C=O) groups excluding carboxylic acids is 2. The van der Waals surface area contributed by atoms with E-state index in [0.717, 1.165) is 0 Å². The van der Waals surface area contributed by atoms with Crippen LogP contribution >= 0.6 is 0 Å². The number of carbonyl (C=O) groups is 2. The lowest BCUT2D eigenvalue weighted by molar-refractivity contribution is -0.137. The average molecular weight is 439 g/mol. The summed E-state index contributed by atoms with van der Waals surface area (Å²) >= 11 is 0. The minimum Gasteiger partial charge on any atom is -0.384 e. The first-order valence-corrected chi connectivity index (χ1v) is 10.2. The van der Waals surface area contributed by atoms with Gasteiger partial charge in [0, 0.05) is 44.9 Å². The predicted molar refractivity (Wildman–Crippen MR) is 117 cm³/mol. The number of nitrogens with two attached hydrogens (primary N) is 1. The van der Waals surface area contributed by atoms with Crippen molar-refractivity contribution >= 4 is 11.8 Å². The van der Waals surface area contributed by atoms with E-state index >= 15 is 0 Å². The highest BCUT2D eigenvalue weighted by Gasteiger charge is 2.42. The molecule has 1 aliphatic heterocycles. The van der Waals surface area contributed by atoms with Crippen LogP contribution in [0.3, 0.4) is 0 Å². The average Bonchev–Trinajstić information content (AvgIpc) is 3.01. The highest BCUT2D eigenvalue weighted by atomic mass is 19.1. The molecule has 168 valence electrons. The lowest BCUT2D eigenvalue weighted by Gasteiger charge is -2.14. The Labute approximate surface area is 186 Å². The van der Waals surface area contributed by atoms with Crippen LogP contribution in [0.5, 0.6) is 0 Å². The molecule has 2 amide bonds. The van der Waals surface area contributed by atoms with Gasteiger partial charge in [0.15, 0.2) is 0 Å². The van der Waals surface area contributed by atoms with E-state index in [2.05, 4.69) is 16.8 Å². The fourth-order valence-corrected chi connectivity index (χ4v) is 3.68. The Hall–Kier alpha value is -3.28. The minimum absolute atomic E-state index is 0.0789. The lowest BCUT2D eigenvalue weighted by atomic mass is 9.98. The highest BCUT2D eigenvalue weighted by Crippen LogP contribution is 2.25. The number of rotatable bonds is 6. The van der Waals surface area contributed by atoms with Crippen LogP contribution in [0, 0.1) is 23.6 Å². The van der Waals surface area contributed by atoms with Gasteiger partial charge >= 0.3 is 0 Å². The predicted octanol–water partition coefficient (Wildman–Crippen LogP) is 1.76. The second kappa shape index (κ2) is 9.47. The Kier molecular flexibility index (Phi) is 6.92. The Balaban J connectivity index is 1.95. The number of methoxy groups -OCH3 is 1. The van der Waals surface area contributed by atoms with Gasteiger partial charge < -0.3 is 20.5 Å². The SMILES string of the molecule is COC[C@@H](C)Cc1ccc(-c2cc(C#C[C@]3(O)CCN(C)C3=O)ccc2F)nc1C(N)=O. The molecule has 1 aromatic carbocycles. The zero-order chi connectivity index (χ0) is 23.5. The Morgan fingerprint density at radius 3 is 2.78 bits per heavy atom. The largest absolute Gasteiger partial charge is 0.384 e. The van der Waals surface area contributed by atoms with Crippen molar-refractivity contribution in [2.75, 3.05) is 27.3 Å². The number of aromatic nitrogens is 1. The number of likely N-dealkylation sites (N-methyl/N-ethyl adjacent to an activating group) is 1. The van der Waals surface area contributed by atoms with E-state index in [1.54, 1.807) is 26.3 Å². The molecule has 0 spiro atoms. The van der Waals surface area contributed by atoms with Crippen molar-refractivity contribution in [3.63, 3.8) is 0 Å². The normalized spacial score (nSPS) is 18.9. The summed E-state index contributed by atoms with van der Waals surface area (Å²) < 4.78 is 19.7. The van der Waals surface area contributed by atoms with Crippen LogP contribution in [-0.2, 0) is 16.0 Å². The van der Waals surface area contributed by atoms with Crippen molar-refractivity contribution in [1.29, 1.82) is 0 Å². The van der Waals surface area contributed by atoms with Crippen molar-refractivity contribution < 1.29 is 23.8 Å². The number of ether oxygens (including phenoxy) is 1. The van der Waals surface area contributed by atoms with Crippen LogP contribution in [-0.4, -0.2) is 59.7 Å². The molecule has 2 atom stereocenters. The molecular formula is C24H26FN3O4. The molecule has 0 unspecified atom stereocenters. The zero-order valence-electron chi connectivity index (χ0n) is 18.3. The minimum atomic E-state index is -1.75. The van der Waals surface area contributed by atoms with Crippen LogP contribution in [0.4, 0.5) is 4.39 Å². The van der Waals surface area contributed by atoms with Gasteiger partial charge in [-0.2, -0.15) is 0 Å². The molecule has 0 radical (unpaired) electrons. The summed E-state index contributed by atoms with van der Waals surface area (Å²) in [4.78, 5) is 29.8. The number of pyridine rings is 1. The molecule has 1 fully saturated rings. The fraction of sp³-hybridized carbons (Fsp3) is 0.375. The van der Waals surface area contributed by atoms with E-state index in [4.69, 9.17) is 10.5 Å². The number of nitrogens with zero attached hydrogens (tertiary/aromatic N) is 2. The van der Waals surface area contributed by atoms with Crippen molar-refractivity contribution in [2.45, 2.75) is 25.4 Å². The smallest absolute Gasteiger partial charge is 0.267 e. The Bertz CT molecular complexity index is 1110. The van der Waals surface area contributed by atoms with Gasteiger partial charge in [-0.15, -0.1) is 0 Å². The molecule has 7 nitrogen and oxygen atoms in total. The third kappa shape index (κ3) is 4.96. The van der Waals surface area contributed by atoms with Crippen molar-refractivity contribution in [3.05, 3.63) is 53.0 Å². The van der Waals surface area contributed by atoms with E-state index in [0.29, 0.717) is 30.7 Å². The van der Waals surface area contributed by atoms with Gasteiger partial charge in [-0.05, 0) is 42.2 Å². The maximum absolute atomic E-state index is 14.6. The third-order valence-electron chi connectivity index (χ3n) is 5.40. The second-order valence-electron chi connectivity index (χ2n) is 8.11. The van der Waals surface area contributed by atoms with Gasteiger partial charge in [-0.3, -0.25) is 9.59 Å². The molecule has 32 heavy (non-hydrogen) atoms. The molecule has 3 rings (SSSR count). The highest BCUT2D eigenvalue weighted by molar-refractivity contribution is 5.93. The molecule has 0 aliphatic carbocycles. The number of benzene rings is 1. The number of primary amides is 1. The van der Waals surface area contributed by atoms with E-state index in [-0.39, 0.29) is 29.3 Å². The molecule has 1 aromatic heterocycles. The molecule has 1 saturated heterocycles. The first kappa shape index (κ1) is 23.4. The molecule has 8 heteroatoms. The van der Waals surface area contributed by atoms with Crippen molar-refractivity contribution in [1.82, 2.24) is 9.88 Å². The summed E-state index contributed by atoms with van der Waals surface area (Å²) in [6.45, 7) is 2.90. The van der Waals surface area contributed by atoms with Crippen molar-refractivity contribution in [3.8, 4) is 23.1 Å². The summed E-state index contributed by atoms with van der Waals surface area (Å²) in [6, 6.07) is 7.48. The topological polar surface area (TPSA) is 106 Å². The maximum Gasteiger partial charge on any atom is 0.267 e. The number of halogens is 1. The van der Waals surface area contributed by atoms with Crippen LogP contribution < -0.4 is 5.73 Å². The van der Waals surface area contributed by atoms with E-state index in [1.807, 2.05) is 6.92 Å². The fourth-order valence-electron chi connectivity index (χ4n) is 3.68. The quantitative estimate of drug-likeness (QED) is 0.668. The maximum atomic E-state index is 14.6. The number of hydrogen-bond donors (Lipinski definition) is 2. The summed E-state index contributed by atoms with van der Waals surface area (Å²) in [5, 5.41) is 10.5. The first-order chi connectivity index (χ1) is 15.1. The zero-order valence-corrected chi connectivity index (χ0v) is 18.3. The molecule has 2 heterocycles. The number of likely N-dealkylation sites (tertiary alicyclic amines) is 1. The standard InChI is InChI=1S/C24H26FN3O4/c1-15(14-32-3)12-17-5-7-20(27-21(17)22(26)29)18-13-16(4-6-19(18)25)8-9-24(31)10-11-28(2)23(24)30/h4-7,13,15,31H,10-12,14H2,1-3H3,(H2,26,29)/t15-,24-/m0/s1. The summed E-state index contributed by atoms with van der Waals surface area (Å²) in [5.41, 5.74) is 5.29. The van der Waals surface area contributed by atoms with Gasteiger partial charge in [-0.1, -0.05) is 24.8 Å². The van der Waals surface area contributed by atoms with Crippen LogP contribution in [0.2, 0.25) is 0 Å². The van der Waals surface area contributed by atoms with E-state index in [9.17, 15) is 19.1 Å². The second-order valence-corrected chi connectivity index (χ2v) is 8.11. The Morgan fingerprint density at radius 2 is 2.16 bits per heavy atom. The van der Waals surface area contributed by atoms with Gasteiger partial charge in [0.25, 0.3) is 11.8 Å². The van der Waals surface area contributed by atoms with Crippen LogP contribution in [0.15, 0.2) is 30.3 Å². The third-order valence-corrected chi connectivity index (χ3v) is 5.40. The summed E-state index contributed by atoms with van der Waals surface area (Å²) in [5.74, 6) is 3.80. The van der Waals surface area contributed by atoms with Gasteiger partial charge in [0.2, 0.25) is 5.60 Å². The number of amides is 2. The van der Waals surface area contributed by atoms with Crippen LogP contribution in [0.1, 0.15) is 35.0 Å². The lowest BCUT2D eigenvalue weighted by Crippen LogP contribution is -2.37. The molecule has 3 N–H and O–H groups in total.